The fourth-order valence-electron chi connectivity index (χ4n) is 6.17. The van der Waals surface area contributed by atoms with Crippen molar-refractivity contribution in [2.75, 3.05) is 18.5 Å². The van der Waals surface area contributed by atoms with E-state index in [2.05, 4.69) is 27.6 Å². The van der Waals surface area contributed by atoms with Crippen molar-refractivity contribution in [1.29, 1.82) is 0 Å². The molecule has 4 aliphatic carbocycles. The standard InChI is InChI=1S/C19H28N4OS/c25-18(20-12-16-2-1-5-24-16)21-17-3-4-23(22-17)19-9-13-6-14(10-19)8-15(7-13)11-19/h3-4,13-16H,1-2,5-12H2,(H2,20,21,22,25). The zero-order valence-corrected chi connectivity index (χ0v) is 15.6. The van der Waals surface area contributed by atoms with Crippen molar-refractivity contribution in [3.05, 3.63) is 12.3 Å². The second-order valence-corrected chi connectivity index (χ2v) is 9.17. The molecule has 5 aliphatic rings. The first-order valence-corrected chi connectivity index (χ1v) is 10.3. The molecule has 1 aromatic heterocycles. The van der Waals surface area contributed by atoms with Gasteiger partial charge in [-0.1, -0.05) is 0 Å². The van der Waals surface area contributed by atoms with Crippen LogP contribution in [0.2, 0.25) is 0 Å². The van der Waals surface area contributed by atoms with Crippen LogP contribution in [0.4, 0.5) is 5.82 Å². The predicted molar refractivity (Wildman–Crippen MR) is 102 cm³/mol. The molecule has 1 unspecified atom stereocenters. The quantitative estimate of drug-likeness (QED) is 0.807. The highest BCUT2D eigenvalue weighted by Crippen LogP contribution is 2.58. The van der Waals surface area contributed by atoms with E-state index in [4.69, 9.17) is 22.1 Å². The van der Waals surface area contributed by atoms with Crippen molar-refractivity contribution >= 4 is 23.1 Å². The van der Waals surface area contributed by atoms with Crippen LogP contribution in [0.25, 0.3) is 0 Å². The van der Waals surface area contributed by atoms with Gasteiger partial charge in [-0.2, -0.15) is 5.10 Å². The Morgan fingerprint density at radius 2 is 1.96 bits per heavy atom. The van der Waals surface area contributed by atoms with Crippen molar-refractivity contribution in [2.24, 2.45) is 17.8 Å². The summed E-state index contributed by atoms with van der Waals surface area (Å²) >= 11 is 5.42. The first kappa shape index (κ1) is 16.1. The Bertz CT molecular complexity index is 616. The van der Waals surface area contributed by atoms with Gasteiger partial charge in [0.1, 0.15) is 0 Å². The Kier molecular flexibility index (Phi) is 4.01. The molecule has 2 N–H and O–H groups in total. The number of hydrogen-bond donors (Lipinski definition) is 2. The summed E-state index contributed by atoms with van der Waals surface area (Å²) in [6.07, 6.45) is 13.1. The van der Waals surface area contributed by atoms with Crippen LogP contribution in [0.1, 0.15) is 51.4 Å². The van der Waals surface area contributed by atoms with Crippen molar-refractivity contribution in [1.82, 2.24) is 15.1 Å². The highest BCUT2D eigenvalue weighted by atomic mass is 32.1. The van der Waals surface area contributed by atoms with E-state index in [1.54, 1.807) is 0 Å². The number of ether oxygens (including phenoxy) is 1. The zero-order chi connectivity index (χ0) is 16.9. The number of rotatable bonds is 4. The van der Waals surface area contributed by atoms with Crippen LogP contribution in [0.15, 0.2) is 12.3 Å². The van der Waals surface area contributed by atoms with Gasteiger partial charge < -0.3 is 15.4 Å². The maximum absolute atomic E-state index is 5.63. The average molecular weight is 361 g/mol. The highest BCUT2D eigenvalue weighted by molar-refractivity contribution is 7.80. The van der Waals surface area contributed by atoms with Crippen LogP contribution in [-0.2, 0) is 10.3 Å². The van der Waals surface area contributed by atoms with Gasteiger partial charge in [0.15, 0.2) is 10.9 Å². The van der Waals surface area contributed by atoms with Crippen LogP contribution >= 0.6 is 12.2 Å². The van der Waals surface area contributed by atoms with E-state index in [-0.39, 0.29) is 5.54 Å². The molecule has 0 amide bonds. The number of nitrogens with zero attached hydrogens (tertiary/aromatic N) is 2. The molecule has 0 aromatic carbocycles. The summed E-state index contributed by atoms with van der Waals surface area (Å²) in [5.74, 6) is 3.66. The molecule has 1 atom stereocenters. The molecule has 1 aromatic rings. The second kappa shape index (κ2) is 6.23. The lowest BCUT2D eigenvalue weighted by Crippen LogP contribution is -2.52. The van der Waals surface area contributed by atoms with Gasteiger partial charge in [-0.15, -0.1) is 0 Å². The van der Waals surface area contributed by atoms with Crippen molar-refractivity contribution in [3.63, 3.8) is 0 Å². The van der Waals surface area contributed by atoms with Crippen molar-refractivity contribution < 1.29 is 4.74 Å². The van der Waals surface area contributed by atoms with Crippen molar-refractivity contribution in [2.45, 2.75) is 63.0 Å². The molecular weight excluding hydrogens is 332 g/mol. The monoisotopic (exact) mass is 360 g/mol. The van der Waals surface area contributed by atoms with Crippen LogP contribution in [0, 0.1) is 17.8 Å². The molecule has 1 saturated heterocycles. The lowest BCUT2D eigenvalue weighted by molar-refractivity contribution is -0.0492. The Balaban J connectivity index is 1.22. The first-order chi connectivity index (χ1) is 12.2. The minimum absolute atomic E-state index is 0.279. The summed E-state index contributed by atoms with van der Waals surface area (Å²) in [4.78, 5) is 0. The van der Waals surface area contributed by atoms with Gasteiger partial charge in [0.2, 0.25) is 0 Å². The summed E-state index contributed by atoms with van der Waals surface area (Å²) in [6, 6.07) is 2.07. The number of thiocarbonyl (C=S) groups is 1. The Hall–Kier alpha value is -1.14. The molecule has 1 aliphatic heterocycles. The van der Waals surface area contributed by atoms with E-state index in [1.807, 2.05) is 0 Å². The fraction of sp³-hybridized carbons (Fsp3) is 0.789. The van der Waals surface area contributed by atoms with Gasteiger partial charge in [0, 0.05) is 25.4 Å². The van der Waals surface area contributed by atoms with E-state index in [1.165, 1.54) is 38.5 Å². The molecule has 4 bridgehead atoms. The van der Waals surface area contributed by atoms with Gasteiger partial charge in [-0.25, -0.2) is 0 Å². The Morgan fingerprint density at radius 3 is 2.60 bits per heavy atom. The molecule has 25 heavy (non-hydrogen) atoms. The highest BCUT2D eigenvalue weighted by Gasteiger charge is 2.52. The first-order valence-electron chi connectivity index (χ1n) is 9.91. The smallest absolute Gasteiger partial charge is 0.172 e. The lowest BCUT2D eigenvalue weighted by Gasteiger charge is -2.56. The average Bonchev–Trinajstić information content (AvgIpc) is 3.23. The van der Waals surface area contributed by atoms with Crippen molar-refractivity contribution in [3.8, 4) is 0 Å². The molecule has 2 heterocycles. The molecule has 0 radical (unpaired) electrons. The number of anilines is 1. The van der Waals surface area contributed by atoms with Gasteiger partial charge >= 0.3 is 0 Å². The largest absolute Gasteiger partial charge is 0.376 e. The fourth-order valence-corrected chi connectivity index (χ4v) is 6.36. The normalized spacial score (nSPS) is 38.9. The van der Waals surface area contributed by atoms with E-state index >= 15 is 0 Å². The third-order valence-electron chi connectivity index (χ3n) is 6.84. The van der Waals surface area contributed by atoms with Gasteiger partial charge in [0.05, 0.1) is 11.6 Å². The van der Waals surface area contributed by atoms with Gasteiger partial charge in [-0.3, -0.25) is 4.68 Å². The zero-order valence-electron chi connectivity index (χ0n) is 14.7. The number of aromatic nitrogens is 2. The predicted octanol–water partition coefficient (Wildman–Crippen LogP) is 3.27. The number of nitrogens with one attached hydrogen (secondary N) is 2. The van der Waals surface area contributed by atoms with E-state index < -0.39 is 0 Å². The molecule has 6 heteroatoms. The maximum Gasteiger partial charge on any atom is 0.172 e. The minimum atomic E-state index is 0.279. The Morgan fingerprint density at radius 1 is 1.24 bits per heavy atom. The summed E-state index contributed by atoms with van der Waals surface area (Å²) in [7, 11) is 0. The third-order valence-corrected chi connectivity index (χ3v) is 7.08. The molecular formula is C19H28N4OS. The summed E-state index contributed by atoms with van der Waals surface area (Å²) < 4.78 is 7.89. The summed E-state index contributed by atoms with van der Waals surface area (Å²) in [5.41, 5.74) is 0.279. The molecule has 136 valence electrons. The topological polar surface area (TPSA) is 51.1 Å². The maximum atomic E-state index is 5.63. The molecule has 6 rings (SSSR count). The van der Waals surface area contributed by atoms with Crippen LogP contribution < -0.4 is 10.6 Å². The second-order valence-electron chi connectivity index (χ2n) is 8.76. The van der Waals surface area contributed by atoms with E-state index in [0.717, 1.165) is 49.6 Å². The number of hydrogen-bond acceptors (Lipinski definition) is 3. The lowest BCUT2D eigenvalue weighted by atomic mass is 9.53. The third kappa shape index (κ3) is 3.08. The molecule has 0 spiro atoms. The summed E-state index contributed by atoms with van der Waals surface area (Å²) in [5, 5.41) is 12.0. The summed E-state index contributed by atoms with van der Waals surface area (Å²) in [6.45, 7) is 1.66. The molecule has 5 fully saturated rings. The van der Waals surface area contributed by atoms with E-state index in [0.29, 0.717) is 11.2 Å². The van der Waals surface area contributed by atoms with Crippen LogP contribution in [0.3, 0.4) is 0 Å². The Labute approximate surface area is 154 Å². The van der Waals surface area contributed by atoms with E-state index in [9.17, 15) is 0 Å². The van der Waals surface area contributed by atoms with Gasteiger partial charge in [-0.05, 0) is 81.3 Å². The van der Waals surface area contributed by atoms with Crippen LogP contribution in [-0.4, -0.2) is 34.1 Å². The molecule has 4 saturated carbocycles. The molecule has 5 nitrogen and oxygen atoms in total. The SMILES string of the molecule is S=C(NCC1CCCO1)Nc1ccn(C23CC4CC(CC(C4)C2)C3)n1. The van der Waals surface area contributed by atoms with Crippen LogP contribution in [0.5, 0.6) is 0 Å². The minimum Gasteiger partial charge on any atom is -0.376 e. The van der Waals surface area contributed by atoms with Gasteiger partial charge in [0.25, 0.3) is 0 Å².